The molecule has 0 radical (unpaired) electrons. The number of hydrogen-bond donors (Lipinski definition) is 1. The molecule has 1 N–H and O–H groups in total. The van der Waals surface area contributed by atoms with Gasteiger partial charge >= 0.3 is 0 Å². The summed E-state index contributed by atoms with van der Waals surface area (Å²) < 4.78 is 5.69. The summed E-state index contributed by atoms with van der Waals surface area (Å²) >= 11 is 1.74. The van der Waals surface area contributed by atoms with Crippen molar-refractivity contribution in [1.29, 1.82) is 0 Å². The topological polar surface area (TPSA) is 40.6 Å². The van der Waals surface area contributed by atoms with Crippen LogP contribution in [-0.2, 0) is 4.74 Å². The Hall–Kier alpha value is -0.690. The van der Waals surface area contributed by atoms with Crippen LogP contribution >= 0.6 is 11.3 Å². The van der Waals surface area contributed by atoms with Crippen molar-refractivity contribution in [3.8, 4) is 0 Å². The van der Waals surface area contributed by atoms with Gasteiger partial charge in [-0.3, -0.25) is 4.90 Å². The Bertz CT molecular complexity index is 404. The lowest BCUT2D eigenvalue weighted by Crippen LogP contribution is -2.52. The summed E-state index contributed by atoms with van der Waals surface area (Å²) in [5.74, 6) is 0.630. The van der Waals surface area contributed by atoms with Gasteiger partial charge < -0.3 is 15.0 Å². The van der Waals surface area contributed by atoms with Crippen molar-refractivity contribution in [2.45, 2.75) is 19.4 Å². The summed E-state index contributed by atoms with van der Waals surface area (Å²) in [7, 11) is 0. The number of rotatable bonds is 5. The number of nitrogens with one attached hydrogen (secondary N) is 1. The van der Waals surface area contributed by atoms with Crippen molar-refractivity contribution >= 4 is 16.5 Å². The minimum Gasteiger partial charge on any atom is -0.381 e. The number of thiazole rings is 1. The molecule has 2 atom stereocenters. The minimum atomic E-state index is 0.626. The van der Waals surface area contributed by atoms with Gasteiger partial charge in [0, 0.05) is 62.9 Å². The number of nitrogens with zero attached hydrogens (tertiary/aromatic N) is 3. The predicted molar refractivity (Wildman–Crippen MR) is 87.2 cm³/mol. The molecular weight excluding hydrogens is 284 g/mol. The van der Waals surface area contributed by atoms with Gasteiger partial charge in [0.25, 0.3) is 0 Å². The maximum absolute atomic E-state index is 5.69. The van der Waals surface area contributed by atoms with E-state index in [1.807, 2.05) is 6.20 Å². The summed E-state index contributed by atoms with van der Waals surface area (Å²) in [4.78, 5) is 9.41. The SMILES string of the molecule is CCNC1CCOCC1CN1CCN(c2nccs2)CC1. The smallest absolute Gasteiger partial charge is 0.185 e. The van der Waals surface area contributed by atoms with E-state index in [0.717, 1.165) is 58.9 Å². The first-order valence-electron chi connectivity index (χ1n) is 8.04. The zero-order valence-electron chi connectivity index (χ0n) is 12.8. The third-order valence-corrected chi connectivity index (χ3v) is 5.33. The Morgan fingerprint density at radius 3 is 2.95 bits per heavy atom. The number of anilines is 1. The van der Waals surface area contributed by atoms with Gasteiger partial charge in [0.2, 0.25) is 0 Å². The van der Waals surface area contributed by atoms with Crippen LogP contribution in [0.25, 0.3) is 0 Å². The average molecular weight is 310 g/mol. The predicted octanol–water partition coefficient (Wildman–Crippen LogP) is 1.28. The highest BCUT2D eigenvalue weighted by atomic mass is 32.1. The van der Waals surface area contributed by atoms with Gasteiger partial charge in [-0.2, -0.15) is 0 Å². The largest absolute Gasteiger partial charge is 0.381 e. The fraction of sp³-hybridized carbons (Fsp3) is 0.800. The summed E-state index contributed by atoms with van der Waals surface area (Å²) in [6, 6.07) is 0.626. The van der Waals surface area contributed by atoms with Gasteiger partial charge in [-0.1, -0.05) is 6.92 Å². The molecular formula is C15H26N4OS. The monoisotopic (exact) mass is 310 g/mol. The van der Waals surface area contributed by atoms with Crippen LogP contribution < -0.4 is 10.2 Å². The molecule has 0 aromatic carbocycles. The normalized spacial score (nSPS) is 28.0. The molecule has 1 aromatic heterocycles. The Morgan fingerprint density at radius 2 is 2.24 bits per heavy atom. The van der Waals surface area contributed by atoms with Crippen molar-refractivity contribution in [3.63, 3.8) is 0 Å². The molecule has 3 heterocycles. The Kier molecular flexibility index (Phi) is 5.46. The van der Waals surface area contributed by atoms with E-state index in [0.29, 0.717) is 12.0 Å². The molecule has 5 nitrogen and oxygen atoms in total. The van der Waals surface area contributed by atoms with Crippen LogP contribution in [0.4, 0.5) is 5.13 Å². The van der Waals surface area contributed by atoms with Crippen LogP contribution in [0, 0.1) is 5.92 Å². The van der Waals surface area contributed by atoms with E-state index in [1.54, 1.807) is 11.3 Å². The number of aromatic nitrogens is 1. The van der Waals surface area contributed by atoms with Crippen molar-refractivity contribution in [2.75, 3.05) is 57.4 Å². The Labute approximate surface area is 131 Å². The molecule has 1 aromatic rings. The van der Waals surface area contributed by atoms with Crippen LogP contribution in [0.5, 0.6) is 0 Å². The number of piperazine rings is 1. The van der Waals surface area contributed by atoms with Crippen LogP contribution in [0.15, 0.2) is 11.6 Å². The summed E-state index contributed by atoms with van der Waals surface area (Å²) in [6.45, 7) is 10.7. The Morgan fingerprint density at radius 1 is 1.38 bits per heavy atom. The first-order valence-corrected chi connectivity index (χ1v) is 8.92. The lowest BCUT2D eigenvalue weighted by molar-refractivity contribution is 0.0163. The second-order valence-corrected chi connectivity index (χ2v) is 6.76. The van der Waals surface area contributed by atoms with Gasteiger partial charge in [0.1, 0.15) is 0 Å². The van der Waals surface area contributed by atoms with Crippen molar-refractivity contribution < 1.29 is 4.74 Å². The van der Waals surface area contributed by atoms with E-state index >= 15 is 0 Å². The fourth-order valence-corrected chi connectivity index (χ4v) is 4.03. The van der Waals surface area contributed by atoms with E-state index in [9.17, 15) is 0 Å². The van der Waals surface area contributed by atoms with E-state index in [4.69, 9.17) is 4.74 Å². The lowest BCUT2D eigenvalue weighted by atomic mass is 9.95. The molecule has 0 amide bonds. The molecule has 0 spiro atoms. The summed E-state index contributed by atoms with van der Waals surface area (Å²) in [5.41, 5.74) is 0. The standard InChI is InChI=1S/C15H26N4OS/c1-2-16-14-3-9-20-12-13(14)11-18-5-7-19(8-6-18)15-17-4-10-21-15/h4,10,13-14,16H,2-3,5-9,11-12H2,1H3. The number of hydrogen-bond acceptors (Lipinski definition) is 6. The maximum Gasteiger partial charge on any atom is 0.185 e. The van der Waals surface area contributed by atoms with Crippen LogP contribution in [-0.4, -0.2) is 68.4 Å². The quantitative estimate of drug-likeness (QED) is 0.887. The fourth-order valence-electron chi connectivity index (χ4n) is 3.33. The van der Waals surface area contributed by atoms with Gasteiger partial charge in [-0.05, 0) is 13.0 Å². The summed E-state index contributed by atoms with van der Waals surface area (Å²) in [5, 5.41) is 6.86. The molecule has 2 saturated heterocycles. The number of ether oxygens (including phenoxy) is 1. The van der Waals surface area contributed by atoms with Crippen molar-refractivity contribution in [1.82, 2.24) is 15.2 Å². The lowest BCUT2D eigenvalue weighted by Gasteiger charge is -2.39. The molecule has 6 heteroatoms. The zero-order chi connectivity index (χ0) is 14.5. The highest BCUT2D eigenvalue weighted by Gasteiger charge is 2.28. The zero-order valence-corrected chi connectivity index (χ0v) is 13.6. The van der Waals surface area contributed by atoms with Crippen LogP contribution in [0.2, 0.25) is 0 Å². The second-order valence-electron chi connectivity index (χ2n) is 5.89. The van der Waals surface area contributed by atoms with E-state index in [1.165, 1.54) is 5.13 Å². The molecule has 118 valence electrons. The first kappa shape index (κ1) is 15.2. The third-order valence-electron chi connectivity index (χ3n) is 4.50. The molecule has 2 aliphatic rings. The van der Waals surface area contributed by atoms with Crippen molar-refractivity contribution in [3.05, 3.63) is 11.6 Å². The molecule has 0 aliphatic carbocycles. The molecule has 2 unspecified atom stereocenters. The van der Waals surface area contributed by atoms with Crippen molar-refractivity contribution in [2.24, 2.45) is 5.92 Å². The highest BCUT2D eigenvalue weighted by Crippen LogP contribution is 2.21. The summed E-state index contributed by atoms with van der Waals surface area (Å²) in [6.07, 6.45) is 3.05. The van der Waals surface area contributed by atoms with Gasteiger partial charge in [-0.15, -0.1) is 11.3 Å². The van der Waals surface area contributed by atoms with Crippen LogP contribution in [0.3, 0.4) is 0 Å². The molecule has 0 bridgehead atoms. The molecule has 0 saturated carbocycles. The third kappa shape index (κ3) is 3.94. The first-order chi connectivity index (χ1) is 10.4. The van der Waals surface area contributed by atoms with Gasteiger partial charge in [0.05, 0.1) is 6.61 Å². The van der Waals surface area contributed by atoms with E-state index < -0.39 is 0 Å². The van der Waals surface area contributed by atoms with Gasteiger partial charge in [-0.25, -0.2) is 4.98 Å². The highest BCUT2D eigenvalue weighted by molar-refractivity contribution is 7.13. The Balaban J connectivity index is 1.48. The molecule has 2 aliphatic heterocycles. The molecule has 2 fully saturated rings. The average Bonchev–Trinajstić information content (AvgIpc) is 3.05. The maximum atomic E-state index is 5.69. The molecule has 21 heavy (non-hydrogen) atoms. The van der Waals surface area contributed by atoms with Crippen LogP contribution in [0.1, 0.15) is 13.3 Å². The van der Waals surface area contributed by atoms with Gasteiger partial charge in [0.15, 0.2) is 5.13 Å². The van der Waals surface area contributed by atoms with E-state index in [2.05, 4.69) is 32.4 Å². The molecule has 3 rings (SSSR count). The van der Waals surface area contributed by atoms with E-state index in [-0.39, 0.29) is 0 Å². The second kappa shape index (κ2) is 7.54. The minimum absolute atomic E-state index is 0.626.